The molecule has 1 aliphatic carbocycles. The highest BCUT2D eigenvalue weighted by Crippen LogP contribution is 2.42. The van der Waals surface area contributed by atoms with Gasteiger partial charge in [0.2, 0.25) is 10.0 Å². The van der Waals surface area contributed by atoms with Crippen LogP contribution in [0.25, 0.3) is 11.0 Å². The molecule has 4 rings (SSSR count). The summed E-state index contributed by atoms with van der Waals surface area (Å²) in [4.78, 5) is 12.2. The van der Waals surface area contributed by atoms with Crippen LogP contribution in [-0.2, 0) is 29.5 Å². The minimum absolute atomic E-state index is 0.0194. The summed E-state index contributed by atoms with van der Waals surface area (Å²) in [7, 11) is -0.813. The highest BCUT2D eigenvalue weighted by atomic mass is 79.9. The van der Waals surface area contributed by atoms with E-state index >= 15 is 0 Å². The summed E-state index contributed by atoms with van der Waals surface area (Å²) in [6, 6.07) is 7.06. The standard InChI is InChI=1S/C21H22BrF2N3O3S/c1-26-16-10-14(22)18(11-17(16)27(2)20(26)28)31(29,30)25-12-21(8-3-4-9-21)13-6-5-7-15(23)19(13)24/h5-7,10-11,25H,3-4,8-9,12H2,1-2H3. The lowest BCUT2D eigenvalue weighted by molar-refractivity contribution is 0.396. The zero-order valence-corrected chi connectivity index (χ0v) is 19.5. The van der Waals surface area contributed by atoms with Gasteiger partial charge in [0.25, 0.3) is 0 Å². The van der Waals surface area contributed by atoms with E-state index in [9.17, 15) is 22.0 Å². The second-order valence-electron chi connectivity index (χ2n) is 8.09. The molecule has 0 saturated heterocycles. The first kappa shape index (κ1) is 22.2. The average molecular weight is 514 g/mol. The fourth-order valence-electron chi connectivity index (χ4n) is 4.52. The Morgan fingerprint density at radius 1 is 1.10 bits per heavy atom. The number of hydrogen-bond donors (Lipinski definition) is 1. The summed E-state index contributed by atoms with van der Waals surface area (Å²) in [5.41, 5.74) is 0.189. The number of benzene rings is 2. The van der Waals surface area contributed by atoms with Crippen molar-refractivity contribution in [2.24, 2.45) is 14.1 Å². The van der Waals surface area contributed by atoms with Gasteiger partial charge in [0, 0.05) is 30.5 Å². The molecule has 1 heterocycles. The predicted octanol–water partition coefficient (Wildman–Crippen LogP) is 3.71. The van der Waals surface area contributed by atoms with Gasteiger partial charge in [-0.1, -0.05) is 25.0 Å². The summed E-state index contributed by atoms with van der Waals surface area (Å²) in [5, 5.41) is 0. The summed E-state index contributed by atoms with van der Waals surface area (Å²) >= 11 is 3.30. The number of fused-ring (bicyclic) bond motifs is 1. The Kier molecular flexibility index (Phi) is 5.60. The molecule has 1 N–H and O–H groups in total. The first-order valence-corrected chi connectivity index (χ1v) is 12.1. The maximum absolute atomic E-state index is 14.6. The van der Waals surface area contributed by atoms with E-state index in [0.29, 0.717) is 28.3 Å². The van der Waals surface area contributed by atoms with Gasteiger partial charge in [0.1, 0.15) is 0 Å². The topological polar surface area (TPSA) is 73.1 Å². The Hall–Kier alpha value is -2.04. The molecular weight excluding hydrogens is 492 g/mol. The first-order chi connectivity index (χ1) is 14.6. The maximum Gasteiger partial charge on any atom is 0.328 e. The Bertz CT molecular complexity index is 1340. The van der Waals surface area contributed by atoms with Crippen LogP contribution in [0.1, 0.15) is 31.2 Å². The molecule has 0 amide bonds. The van der Waals surface area contributed by atoms with Gasteiger partial charge in [-0.3, -0.25) is 9.13 Å². The van der Waals surface area contributed by atoms with Gasteiger partial charge in [-0.05, 0) is 52.5 Å². The fraction of sp³-hybridized carbons (Fsp3) is 0.381. The SMILES string of the molecule is Cn1c(=O)n(C)c2cc(S(=O)(=O)NCC3(c4cccc(F)c4F)CCCC3)c(Br)cc21. The van der Waals surface area contributed by atoms with Crippen molar-refractivity contribution in [1.82, 2.24) is 13.9 Å². The van der Waals surface area contributed by atoms with Crippen molar-refractivity contribution in [2.75, 3.05) is 6.54 Å². The monoisotopic (exact) mass is 513 g/mol. The van der Waals surface area contributed by atoms with Crippen LogP contribution in [0, 0.1) is 11.6 Å². The molecule has 0 unspecified atom stereocenters. The van der Waals surface area contributed by atoms with E-state index in [2.05, 4.69) is 20.7 Å². The molecule has 0 aliphatic heterocycles. The third-order valence-corrected chi connectivity index (χ3v) is 8.66. The van der Waals surface area contributed by atoms with Crippen molar-refractivity contribution in [3.63, 3.8) is 0 Å². The van der Waals surface area contributed by atoms with Crippen molar-refractivity contribution < 1.29 is 17.2 Å². The molecule has 10 heteroatoms. The van der Waals surface area contributed by atoms with Gasteiger partial charge in [-0.15, -0.1) is 0 Å². The van der Waals surface area contributed by atoms with E-state index in [1.54, 1.807) is 20.2 Å². The molecule has 0 bridgehead atoms. The van der Waals surface area contributed by atoms with E-state index in [4.69, 9.17) is 0 Å². The second kappa shape index (κ2) is 7.83. The van der Waals surface area contributed by atoms with Crippen molar-refractivity contribution in [3.05, 3.63) is 62.5 Å². The van der Waals surface area contributed by atoms with Crippen LogP contribution in [0.2, 0.25) is 0 Å². The Morgan fingerprint density at radius 3 is 2.35 bits per heavy atom. The smallest absolute Gasteiger partial charge is 0.295 e. The van der Waals surface area contributed by atoms with Crippen molar-refractivity contribution in [3.8, 4) is 0 Å². The third-order valence-electron chi connectivity index (χ3n) is 6.30. The van der Waals surface area contributed by atoms with Crippen LogP contribution >= 0.6 is 15.9 Å². The average Bonchev–Trinajstić information content (AvgIpc) is 3.29. The summed E-state index contributed by atoms with van der Waals surface area (Å²) in [6.07, 6.45) is 2.73. The fourth-order valence-corrected chi connectivity index (χ4v) is 6.70. The summed E-state index contributed by atoms with van der Waals surface area (Å²) in [5.74, 6) is -1.87. The van der Waals surface area contributed by atoms with Gasteiger partial charge in [-0.25, -0.2) is 26.7 Å². The van der Waals surface area contributed by atoms with E-state index in [-0.39, 0.29) is 22.7 Å². The zero-order valence-electron chi connectivity index (χ0n) is 17.1. The van der Waals surface area contributed by atoms with Crippen molar-refractivity contribution in [1.29, 1.82) is 0 Å². The third kappa shape index (κ3) is 3.64. The molecule has 0 spiro atoms. The minimum atomic E-state index is -4.00. The molecule has 1 aromatic heterocycles. The van der Waals surface area contributed by atoms with Crippen LogP contribution in [0.5, 0.6) is 0 Å². The quantitative estimate of drug-likeness (QED) is 0.565. The number of aromatic nitrogens is 2. The Balaban J connectivity index is 1.72. The molecule has 6 nitrogen and oxygen atoms in total. The molecule has 1 aliphatic rings. The van der Waals surface area contributed by atoms with Crippen LogP contribution in [-0.4, -0.2) is 24.1 Å². The molecular formula is C21H22BrF2N3O3S. The highest BCUT2D eigenvalue weighted by molar-refractivity contribution is 9.10. The predicted molar refractivity (Wildman–Crippen MR) is 118 cm³/mol. The number of hydrogen-bond acceptors (Lipinski definition) is 3. The number of halogens is 3. The Labute approximate surface area is 187 Å². The van der Waals surface area contributed by atoms with Crippen LogP contribution in [0.15, 0.2) is 44.5 Å². The lowest BCUT2D eigenvalue weighted by Crippen LogP contribution is -2.39. The summed E-state index contributed by atoms with van der Waals surface area (Å²) in [6.45, 7) is -0.0477. The van der Waals surface area contributed by atoms with Gasteiger partial charge >= 0.3 is 5.69 Å². The van der Waals surface area contributed by atoms with E-state index < -0.39 is 27.1 Å². The highest BCUT2D eigenvalue weighted by Gasteiger charge is 2.39. The second-order valence-corrected chi connectivity index (χ2v) is 10.7. The minimum Gasteiger partial charge on any atom is -0.295 e. The zero-order chi connectivity index (χ0) is 22.6. The Morgan fingerprint density at radius 2 is 1.71 bits per heavy atom. The van der Waals surface area contributed by atoms with Crippen LogP contribution in [0.3, 0.4) is 0 Å². The molecule has 1 saturated carbocycles. The largest absolute Gasteiger partial charge is 0.328 e. The summed E-state index contributed by atoms with van der Waals surface area (Å²) < 4.78 is 60.5. The van der Waals surface area contributed by atoms with Gasteiger partial charge < -0.3 is 0 Å². The number of imidazole rings is 1. The van der Waals surface area contributed by atoms with Crippen LogP contribution < -0.4 is 10.4 Å². The van der Waals surface area contributed by atoms with Gasteiger partial charge in [0.05, 0.1) is 15.9 Å². The molecule has 31 heavy (non-hydrogen) atoms. The van der Waals surface area contributed by atoms with Gasteiger partial charge in [-0.2, -0.15) is 0 Å². The molecule has 1 fully saturated rings. The lowest BCUT2D eigenvalue weighted by atomic mass is 9.78. The molecule has 2 aromatic carbocycles. The molecule has 3 aromatic rings. The lowest BCUT2D eigenvalue weighted by Gasteiger charge is -2.30. The van der Waals surface area contributed by atoms with Gasteiger partial charge in [0.15, 0.2) is 11.6 Å². The molecule has 0 atom stereocenters. The molecule has 166 valence electrons. The normalized spacial score (nSPS) is 16.3. The number of aryl methyl sites for hydroxylation is 2. The number of rotatable bonds is 5. The van der Waals surface area contributed by atoms with Crippen molar-refractivity contribution >= 4 is 37.0 Å². The number of sulfonamides is 1. The van der Waals surface area contributed by atoms with Crippen molar-refractivity contribution in [2.45, 2.75) is 36.0 Å². The first-order valence-electron chi connectivity index (χ1n) is 9.86. The maximum atomic E-state index is 14.6. The van der Waals surface area contributed by atoms with E-state index in [1.807, 2.05) is 0 Å². The van der Waals surface area contributed by atoms with Crippen LogP contribution in [0.4, 0.5) is 8.78 Å². The molecule has 0 radical (unpaired) electrons. The van der Waals surface area contributed by atoms with E-state index in [0.717, 1.165) is 18.9 Å². The number of nitrogens with zero attached hydrogens (tertiary/aromatic N) is 2. The number of nitrogens with one attached hydrogen (secondary N) is 1. The van der Waals surface area contributed by atoms with E-state index in [1.165, 1.54) is 27.3 Å².